The molecule has 190 valence electrons. The van der Waals surface area contributed by atoms with E-state index in [0.29, 0.717) is 4.05 Å². The third-order valence-electron chi connectivity index (χ3n) is 7.24. The lowest BCUT2D eigenvalue weighted by atomic mass is 10.1. The minimum atomic E-state index is 0.341. The van der Waals surface area contributed by atoms with Gasteiger partial charge in [0.15, 0.2) is 0 Å². The van der Waals surface area contributed by atoms with E-state index in [2.05, 4.69) is 49.3 Å². The molecule has 0 aromatic carbocycles. The van der Waals surface area contributed by atoms with E-state index < -0.39 is 0 Å². The molecule has 0 aromatic rings. The molecular formula is C30H59IN+. The highest BCUT2D eigenvalue weighted by atomic mass is 127. The summed E-state index contributed by atoms with van der Waals surface area (Å²) in [4.78, 5) is 0. The van der Waals surface area contributed by atoms with E-state index in [0.717, 1.165) is 0 Å². The molecule has 1 nitrogen and oxygen atoms in total. The van der Waals surface area contributed by atoms with Gasteiger partial charge in [0, 0.05) is 22.6 Å². The van der Waals surface area contributed by atoms with E-state index >= 15 is 0 Å². The van der Waals surface area contributed by atoms with Crippen LogP contribution in [-0.4, -0.2) is 28.2 Å². The molecule has 1 unspecified atom stereocenters. The molecule has 0 rings (SSSR count). The van der Waals surface area contributed by atoms with Gasteiger partial charge in [-0.1, -0.05) is 117 Å². The summed E-state index contributed by atoms with van der Waals surface area (Å²) in [6, 6.07) is 0. The molecule has 0 saturated carbocycles. The van der Waals surface area contributed by atoms with Crippen LogP contribution in [0.2, 0.25) is 0 Å². The number of terminal acetylenes is 1. The minimum Gasteiger partial charge on any atom is -0.303 e. The number of hydrogen-bond donors (Lipinski definition) is 0. The lowest BCUT2D eigenvalue weighted by Crippen LogP contribution is -2.54. The first kappa shape index (κ1) is 32.2. The summed E-state index contributed by atoms with van der Waals surface area (Å²) in [6.07, 6.45) is 35.3. The third kappa shape index (κ3) is 17.7. The third-order valence-corrected chi connectivity index (χ3v) is 8.78. The van der Waals surface area contributed by atoms with Crippen molar-refractivity contribution in [2.75, 3.05) is 19.6 Å². The van der Waals surface area contributed by atoms with Crippen LogP contribution >= 0.6 is 22.6 Å². The molecular weight excluding hydrogens is 501 g/mol. The molecule has 0 radical (unpaired) electrons. The maximum absolute atomic E-state index is 6.04. The van der Waals surface area contributed by atoms with Crippen molar-refractivity contribution in [2.45, 2.75) is 160 Å². The zero-order valence-electron chi connectivity index (χ0n) is 22.5. The fourth-order valence-corrected chi connectivity index (χ4v) is 5.82. The Hall–Kier alpha value is 0.250. The molecule has 0 fully saturated rings. The Morgan fingerprint density at radius 3 is 1.00 bits per heavy atom. The first-order chi connectivity index (χ1) is 15.7. The highest BCUT2D eigenvalue weighted by Crippen LogP contribution is 2.25. The van der Waals surface area contributed by atoms with Crippen molar-refractivity contribution >= 4 is 22.6 Å². The van der Waals surface area contributed by atoms with Gasteiger partial charge in [-0.2, -0.15) is 0 Å². The largest absolute Gasteiger partial charge is 0.303 e. The highest BCUT2D eigenvalue weighted by Gasteiger charge is 2.32. The molecule has 0 aromatic heterocycles. The van der Waals surface area contributed by atoms with Crippen LogP contribution in [0.25, 0.3) is 0 Å². The van der Waals surface area contributed by atoms with Crippen LogP contribution in [0.3, 0.4) is 0 Å². The van der Waals surface area contributed by atoms with Crippen molar-refractivity contribution in [3.05, 3.63) is 0 Å². The highest BCUT2D eigenvalue weighted by molar-refractivity contribution is 14.1. The van der Waals surface area contributed by atoms with Crippen LogP contribution in [0, 0.1) is 12.3 Å². The quantitative estimate of drug-likeness (QED) is 0.0260. The minimum absolute atomic E-state index is 0.341. The normalized spacial score (nSPS) is 12.7. The number of alkyl halides is 1. The van der Waals surface area contributed by atoms with Crippen LogP contribution in [0.4, 0.5) is 0 Å². The molecule has 0 amide bonds. The van der Waals surface area contributed by atoms with Crippen molar-refractivity contribution in [2.24, 2.45) is 0 Å². The standard InChI is InChI=1S/C30H59IN/c1-5-9-12-15-18-21-24-27-32(30(31)8-4,28-25-22-19-16-13-10-6-2)29-26-23-20-17-14-11-7-3/h4,30H,5-7,9-29H2,1-3H3/q+1. The topological polar surface area (TPSA) is 0 Å². The van der Waals surface area contributed by atoms with E-state index in [1.165, 1.54) is 159 Å². The van der Waals surface area contributed by atoms with Crippen molar-refractivity contribution in [3.63, 3.8) is 0 Å². The Bertz CT molecular complexity index is 368. The molecule has 2 heteroatoms. The first-order valence-electron chi connectivity index (χ1n) is 14.6. The fraction of sp³-hybridized carbons (Fsp3) is 0.933. The Labute approximate surface area is 218 Å². The van der Waals surface area contributed by atoms with Crippen LogP contribution in [0.1, 0.15) is 156 Å². The van der Waals surface area contributed by atoms with Gasteiger partial charge >= 0.3 is 0 Å². The zero-order valence-corrected chi connectivity index (χ0v) is 24.6. The second-order valence-electron chi connectivity index (χ2n) is 10.3. The lowest BCUT2D eigenvalue weighted by molar-refractivity contribution is -0.927. The summed E-state index contributed by atoms with van der Waals surface area (Å²) in [6.45, 7) is 10.8. The van der Waals surface area contributed by atoms with Crippen LogP contribution in [-0.2, 0) is 0 Å². The van der Waals surface area contributed by atoms with Gasteiger partial charge in [0.2, 0.25) is 4.05 Å². The van der Waals surface area contributed by atoms with Crippen molar-refractivity contribution in [1.82, 2.24) is 0 Å². The van der Waals surface area contributed by atoms with Gasteiger partial charge < -0.3 is 4.48 Å². The van der Waals surface area contributed by atoms with Gasteiger partial charge in [0.25, 0.3) is 0 Å². The van der Waals surface area contributed by atoms with E-state index in [1.807, 2.05) is 0 Å². The average Bonchev–Trinajstić information content (AvgIpc) is 2.81. The second-order valence-corrected chi connectivity index (χ2v) is 11.4. The van der Waals surface area contributed by atoms with E-state index in [4.69, 9.17) is 6.42 Å². The second kappa shape index (κ2) is 24.4. The maximum atomic E-state index is 6.04. The maximum Gasteiger partial charge on any atom is 0.200 e. The Morgan fingerprint density at radius 1 is 0.500 bits per heavy atom. The molecule has 0 heterocycles. The monoisotopic (exact) mass is 560 g/mol. The summed E-state index contributed by atoms with van der Waals surface area (Å²) in [5.74, 6) is 3.17. The molecule has 0 N–H and O–H groups in total. The van der Waals surface area contributed by atoms with Crippen LogP contribution in [0.15, 0.2) is 0 Å². The summed E-state index contributed by atoms with van der Waals surface area (Å²) < 4.78 is 1.53. The van der Waals surface area contributed by atoms with Gasteiger partial charge in [-0.25, -0.2) is 0 Å². The zero-order chi connectivity index (χ0) is 23.8. The van der Waals surface area contributed by atoms with Crippen molar-refractivity contribution in [3.8, 4) is 12.3 Å². The Balaban J connectivity index is 4.62. The summed E-state index contributed by atoms with van der Waals surface area (Å²) in [5.41, 5.74) is 0. The summed E-state index contributed by atoms with van der Waals surface area (Å²) in [7, 11) is 0. The molecule has 1 atom stereocenters. The molecule has 0 saturated heterocycles. The number of unbranched alkanes of at least 4 members (excludes halogenated alkanes) is 18. The van der Waals surface area contributed by atoms with E-state index in [-0.39, 0.29) is 0 Å². The number of halogens is 1. The van der Waals surface area contributed by atoms with Crippen LogP contribution < -0.4 is 0 Å². The molecule has 0 spiro atoms. The van der Waals surface area contributed by atoms with Crippen molar-refractivity contribution in [1.29, 1.82) is 0 Å². The molecule has 0 bridgehead atoms. The first-order valence-corrected chi connectivity index (χ1v) is 15.9. The summed E-state index contributed by atoms with van der Waals surface area (Å²) in [5, 5.41) is 0. The van der Waals surface area contributed by atoms with E-state index in [9.17, 15) is 0 Å². The van der Waals surface area contributed by atoms with Gasteiger partial charge in [0.1, 0.15) is 0 Å². The number of rotatable bonds is 25. The van der Waals surface area contributed by atoms with E-state index in [1.54, 1.807) is 0 Å². The molecule has 32 heavy (non-hydrogen) atoms. The van der Waals surface area contributed by atoms with Gasteiger partial charge in [-0.05, 0) is 44.4 Å². The lowest BCUT2D eigenvalue weighted by Gasteiger charge is -2.41. The molecule has 0 aliphatic heterocycles. The predicted molar refractivity (Wildman–Crippen MR) is 155 cm³/mol. The molecule has 0 aliphatic carbocycles. The Kier molecular flexibility index (Phi) is 24.6. The summed E-state index contributed by atoms with van der Waals surface area (Å²) >= 11 is 2.59. The van der Waals surface area contributed by atoms with Gasteiger partial charge in [-0.3, -0.25) is 0 Å². The molecule has 0 aliphatic rings. The predicted octanol–water partition coefficient (Wildman–Crippen LogP) is 10.4. The van der Waals surface area contributed by atoms with Crippen molar-refractivity contribution < 1.29 is 4.48 Å². The number of quaternary nitrogens is 1. The van der Waals surface area contributed by atoms with Gasteiger partial charge in [-0.15, -0.1) is 6.42 Å². The SMILES string of the molecule is C#CC(I)[N+](CCCCCCCCC)(CCCCCCCCC)CCCCCCCCC. The number of nitrogens with zero attached hydrogens (tertiary/aromatic N) is 1. The number of hydrogen-bond acceptors (Lipinski definition) is 0. The average molecular weight is 561 g/mol. The van der Waals surface area contributed by atoms with Gasteiger partial charge in [0.05, 0.1) is 19.6 Å². The fourth-order valence-electron chi connectivity index (χ4n) is 4.98. The smallest absolute Gasteiger partial charge is 0.200 e. The Morgan fingerprint density at radius 2 is 0.750 bits per heavy atom. The van der Waals surface area contributed by atoms with Crippen LogP contribution in [0.5, 0.6) is 0 Å².